The van der Waals surface area contributed by atoms with E-state index in [0.29, 0.717) is 9.70 Å². The Hall–Kier alpha value is -1.72. The van der Waals surface area contributed by atoms with Crippen molar-refractivity contribution < 1.29 is 0 Å². The van der Waals surface area contributed by atoms with E-state index in [4.69, 9.17) is 29.0 Å². The van der Waals surface area contributed by atoms with Crippen LogP contribution in [0.15, 0.2) is 39.9 Å². The fraction of sp³-hybridized carbons (Fsp3) is 0.0909. The van der Waals surface area contributed by atoms with Gasteiger partial charge >= 0.3 is 5.69 Å². The molecule has 2 rings (SSSR count). The van der Waals surface area contributed by atoms with Gasteiger partial charge in [-0.25, -0.2) is 4.79 Å². The largest absolute Gasteiger partial charge is 0.351 e. The van der Waals surface area contributed by atoms with Gasteiger partial charge in [0, 0.05) is 11.1 Å². The van der Waals surface area contributed by atoms with Crippen molar-refractivity contribution in [1.29, 1.82) is 0 Å². The minimum Gasteiger partial charge on any atom is -0.332 e. The topological polar surface area (TPSA) is 70.0 Å². The number of hydrogen-bond donors (Lipinski definition) is 1. The molecule has 1 aromatic carbocycles. The molecular formula is C11H9Cl2N3O2. The molecule has 1 heterocycles. The summed E-state index contributed by atoms with van der Waals surface area (Å²) in [4.78, 5) is 23.0. The molecule has 0 saturated heterocycles. The Morgan fingerprint density at radius 3 is 2.33 bits per heavy atom. The van der Waals surface area contributed by atoms with Crippen LogP contribution < -0.4 is 17.1 Å². The smallest absolute Gasteiger partial charge is 0.332 e. The fourth-order valence-corrected chi connectivity index (χ4v) is 1.83. The SMILES string of the molecule is Nn1c(=O)cc(Cl)n(Cc2ccc(Cl)cc2)c1=O. The molecule has 5 nitrogen and oxygen atoms in total. The van der Waals surface area contributed by atoms with Crippen molar-refractivity contribution in [1.82, 2.24) is 9.24 Å². The molecule has 0 aliphatic carbocycles. The third kappa shape index (κ3) is 2.42. The van der Waals surface area contributed by atoms with Gasteiger partial charge in [-0.15, -0.1) is 0 Å². The summed E-state index contributed by atoms with van der Waals surface area (Å²) < 4.78 is 1.72. The molecule has 0 aliphatic rings. The zero-order valence-corrected chi connectivity index (χ0v) is 10.6. The van der Waals surface area contributed by atoms with Crippen LogP contribution in [0.3, 0.4) is 0 Å². The van der Waals surface area contributed by atoms with E-state index in [2.05, 4.69) is 0 Å². The van der Waals surface area contributed by atoms with Gasteiger partial charge in [-0.2, -0.15) is 4.68 Å². The zero-order valence-electron chi connectivity index (χ0n) is 9.14. The standard InChI is InChI=1S/C11H9Cl2N3O2/c12-8-3-1-7(2-4-8)6-15-9(13)5-10(17)16(14)11(15)18/h1-5H,6,14H2. The van der Waals surface area contributed by atoms with Crippen LogP contribution >= 0.6 is 23.2 Å². The molecule has 0 aliphatic heterocycles. The third-order valence-corrected chi connectivity index (χ3v) is 2.99. The van der Waals surface area contributed by atoms with E-state index in [-0.39, 0.29) is 11.7 Å². The molecule has 0 fully saturated rings. The first-order valence-electron chi connectivity index (χ1n) is 5.01. The van der Waals surface area contributed by atoms with Gasteiger partial charge in [-0.1, -0.05) is 35.3 Å². The monoisotopic (exact) mass is 285 g/mol. The highest BCUT2D eigenvalue weighted by atomic mass is 35.5. The summed E-state index contributed by atoms with van der Waals surface area (Å²) in [6, 6.07) is 8.02. The highest BCUT2D eigenvalue weighted by Gasteiger charge is 2.08. The average Bonchev–Trinajstić information content (AvgIpc) is 2.34. The van der Waals surface area contributed by atoms with Crippen LogP contribution in [0.25, 0.3) is 0 Å². The lowest BCUT2D eigenvalue weighted by molar-refractivity contribution is 0.668. The van der Waals surface area contributed by atoms with Crippen molar-refractivity contribution in [3.05, 3.63) is 66.9 Å². The molecule has 0 spiro atoms. The number of nitrogen functional groups attached to an aromatic ring is 1. The van der Waals surface area contributed by atoms with Gasteiger partial charge in [0.15, 0.2) is 0 Å². The Bertz CT molecular complexity index is 689. The van der Waals surface area contributed by atoms with Gasteiger partial charge in [0.05, 0.1) is 6.54 Å². The van der Waals surface area contributed by atoms with Crippen LogP contribution in [-0.2, 0) is 6.54 Å². The van der Waals surface area contributed by atoms with Crippen molar-refractivity contribution >= 4 is 23.2 Å². The van der Waals surface area contributed by atoms with E-state index >= 15 is 0 Å². The quantitative estimate of drug-likeness (QED) is 0.663. The number of aromatic nitrogens is 2. The summed E-state index contributed by atoms with van der Waals surface area (Å²) in [6.07, 6.45) is 0. The molecule has 0 atom stereocenters. The lowest BCUT2D eigenvalue weighted by Crippen LogP contribution is -2.44. The minimum atomic E-state index is -0.664. The van der Waals surface area contributed by atoms with Crippen LogP contribution in [-0.4, -0.2) is 9.24 Å². The van der Waals surface area contributed by atoms with Crippen molar-refractivity contribution in [3.63, 3.8) is 0 Å². The van der Waals surface area contributed by atoms with Crippen LogP contribution in [0.1, 0.15) is 5.56 Å². The van der Waals surface area contributed by atoms with Crippen molar-refractivity contribution in [2.75, 3.05) is 5.84 Å². The maximum atomic E-state index is 11.8. The molecule has 2 N–H and O–H groups in total. The second kappa shape index (κ2) is 4.88. The molecule has 94 valence electrons. The lowest BCUT2D eigenvalue weighted by atomic mass is 10.2. The van der Waals surface area contributed by atoms with Crippen molar-refractivity contribution in [2.45, 2.75) is 6.54 Å². The number of nitrogens with zero attached hydrogens (tertiary/aromatic N) is 2. The summed E-state index contributed by atoms with van der Waals surface area (Å²) in [5.41, 5.74) is -0.484. The fourth-order valence-electron chi connectivity index (χ4n) is 1.48. The average molecular weight is 286 g/mol. The minimum absolute atomic E-state index is 0.0432. The lowest BCUT2D eigenvalue weighted by Gasteiger charge is -2.09. The van der Waals surface area contributed by atoms with Gasteiger partial charge in [-0.05, 0) is 17.7 Å². The first-order chi connectivity index (χ1) is 8.49. The van der Waals surface area contributed by atoms with Gasteiger partial charge < -0.3 is 5.84 Å². The normalized spacial score (nSPS) is 10.6. The zero-order chi connectivity index (χ0) is 13.3. The molecule has 0 unspecified atom stereocenters. The van der Waals surface area contributed by atoms with Gasteiger partial charge in [0.25, 0.3) is 5.56 Å². The highest BCUT2D eigenvalue weighted by Crippen LogP contribution is 2.11. The first-order valence-corrected chi connectivity index (χ1v) is 5.76. The predicted octanol–water partition coefficient (Wildman–Crippen LogP) is 1.08. The molecule has 7 heteroatoms. The highest BCUT2D eigenvalue weighted by molar-refractivity contribution is 6.30. The Labute approximate surface area is 112 Å². The number of rotatable bonds is 2. The molecule has 18 heavy (non-hydrogen) atoms. The summed E-state index contributed by atoms with van der Waals surface area (Å²) in [5, 5.41) is 0.641. The van der Waals surface area contributed by atoms with Crippen LogP contribution in [0.4, 0.5) is 0 Å². The number of halogens is 2. The van der Waals surface area contributed by atoms with E-state index in [1.54, 1.807) is 24.3 Å². The Morgan fingerprint density at radius 1 is 1.11 bits per heavy atom. The van der Waals surface area contributed by atoms with Crippen LogP contribution in [0, 0.1) is 0 Å². The first kappa shape index (κ1) is 12.7. The van der Waals surface area contributed by atoms with Crippen molar-refractivity contribution in [2.24, 2.45) is 0 Å². The second-order valence-electron chi connectivity index (χ2n) is 3.67. The molecule has 0 radical (unpaired) electrons. The molecule has 1 aromatic heterocycles. The van der Waals surface area contributed by atoms with E-state index < -0.39 is 11.2 Å². The van der Waals surface area contributed by atoms with Crippen LogP contribution in [0.5, 0.6) is 0 Å². The molecule has 0 saturated carbocycles. The summed E-state index contributed by atoms with van der Waals surface area (Å²) in [5.74, 6) is 5.32. The van der Waals surface area contributed by atoms with E-state index in [9.17, 15) is 9.59 Å². The maximum absolute atomic E-state index is 11.8. The maximum Gasteiger partial charge on any atom is 0.351 e. The number of hydrogen-bond acceptors (Lipinski definition) is 3. The predicted molar refractivity (Wildman–Crippen MR) is 70.7 cm³/mol. The third-order valence-electron chi connectivity index (χ3n) is 2.43. The van der Waals surface area contributed by atoms with Gasteiger partial charge in [0.2, 0.25) is 0 Å². The molecule has 2 aromatic rings. The van der Waals surface area contributed by atoms with Crippen molar-refractivity contribution in [3.8, 4) is 0 Å². The van der Waals surface area contributed by atoms with E-state index in [1.165, 1.54) is 4.57 Å². The molecule has 0 bridgehead atoms. The van der Waals surface area contributed by atoms with E-state index in [0.717, 1.165) is 11.6 Å². The second-order valence-corrected chi connectivity index (χ2v) is 4.49. The molecule has 0 amide bonds. The Morgan fingerprint density at radius 2 is 1.72 bits per heavy atom. The molecular weight excluding hydrogens is 277 g/mol. The van der Waals surface area contributed by atoms with Gasteiger partial charge in [0.1, 0.15) is 5.15 Å². The number of nitrogens with two attached hydrogens (primary N) is 1. The summed E-state index contributed by atoms with van der Waals surface area (Å²) in [7, 11) is 0. The van der Waals surface area contributed by atoms with E-state index in [1.807, 2.05) is 0 Å². The Kier molecular flexibility index (Phi) is 3.45. The van der Waals surface area contributed by atoms with Crippen LogP contribution in [0.2, 0.25) is 10.2 Å². The number of benzene rings is 1. The Balaban J connectivity index is 2.47. The van der Waals surface area contributed by atoms with Gasteiger partial charge in [-0.3, -0.25) is 9.36 Å². The summed E-state index contributed by atoms with van der Waals surface area (Å²) in [6.45, 7) is 0.215. The summed E-state index contributed by atoms with van der Waals surface area (Å²) >= 11 is 11.6.